The van der Waals surface area contributed by atoms with Crippen LogP contribution in [0.4, 0.5) is 15.8 Å². The van der Waals surface area contributed by atoms with Gasteiger partial charge in [0, 0.05) is 18.7 Å². The van der Waals surface area contributed by atoms with Crippen LogP contribution in [-0.4, -0.2) is 31.6 Å². The first-order chi connectivity index (χ1) is 8.79. The molecule has 1 aromatic rings. The molecule has 0 bridgehead atoms. The molecule has 1 aromatic carbocycles. The van der Waals surface area contributed by atoms with Crippen LogP contribution in [0.1, 0.15) is 20.3 Å². The van der Waals surface area contributed by atoms with E-state index in [0.29, 0.717) is 17.3 Å². The lowest BCUT2D eigenvalue weighted by Crippen LogP contribution is -2.33. The molecule has 3 nitrogen and oxygen atoms in total. The fraction of sp³-hybridized carbons (Fsp3) is 0.571. The Hall–Kier alpha value is -1.00. The first-order valence-corrected chi connectivity index (χ1v) is 6.83. The Morgan fingerprint density at radius 2 is 2.00 bits per heavy atom. The van der Waals surface area contributed by atoms with Gasteiger partial charge in [0.25, 0.3) is 0 Å². The maximum atomic E-state index is 13.3. The van der Waals surface area contributed by atoms with Gasteiger partial charge in [-0.2, -0.15) is 0 Å². The van der Waals surface area contributed by atoms with E-state index in [2.05, 4.69) is 24.1 Å². The molecular formula is C14H23ClFN3. The van der Waals surface area contributed by atoms with Crippen molar-refractivity contribution in [2.45, 2.75) is 26.3 Å². The summed E-state index contributed by atoms with van der Waals surface area (Å²) in [5, 5.41) is 3.45. The molecule has 1 rings (SSSR count). The summed E-state index contributed by atoms with van der Waals surface area (Å²) in [6.45, 7) is 5.23. The molecule has 0 saturated carbocycles. The zero-order valence-electron chi connectivity index (χ0n) is 12.0. The van der Waals surface area contributed by atoms with Gasteiger partial charge in [-0.1, -0.05) is 25.4 Å². The van der Waals surface area contributed by atoms with Gasteiger partial charge in [-0.3, -0.25) is 0 Å². The molecule has 0 heterocycles. The van der Waals surface area contributed by atoms with Crippen LogP contribution in [0.15, 0.2) is 12.1 Å². The largest absolute Gasteiger partial charge is 0.397 e. The number of hydrogen-bond acceptors (Lipinski definition) is 3. The second-order valence-electron chi connectivity index (χ2n) is 5.59. The van der Waals surface area contributed by atoms with Gasteiger partial charge < -0.3 is 16.0 Å². The van der Waals surface area contributed by atoms with Crippen molar-refractivity contribution in [3.63, 3.8) is 0 Å². The van der Waals surface area contributed by atoms with E-state index in [1.165, 1.54) is 6.07 Å². The fourth-order valence-corrected chi connectivity index (χ4v) is 2.26. The Balaban J connectivity index is 2.86. The quantitative estimate of drug-likeness (QED) is 0.788. The zero-order chi connectivity index (χ0) is 14.6. The summed E-state index contributed by atoms with van der Waals surface area (Å²) >= 11 is 5.80. The summed E-state index contributed by atoms with van der Waals surface area (Å²) in [5.74, 6) is 0.0762. The van der Waals surface area contributed by atoms with Gasteiger partial charge >= 0.3 is 0 Å². The van der Waals surface area contributed by atoms with Crippen molar-refractivity contribution < 1.29 is 4.39 Å². The van der Waals surface area contributed by atoms with E-state index in [1.807, 2.05) is 14.1 Å². The average Bonchev–Trinajstić information content (AvgIpc) is 2.23. The number of rotatable bonds is 6. The van der Waals surface area contributed by atoms with Crippen LogP contribution in [0.2, 0.25) is 5.02 Å². The minimum Gasteiger partial charge on any atom is -0.397 e. The Morgan fingerprint density at radius 3 is 2.53 bits per heavy atom. The van der Waals surface area contributed by atoms with Crippen molar-refractivity contribution in [2.24, 2.45) is 5.92 Å². The Morgan fingerprint density at radius 1 is 1.37 bits per heavy atom. The third-order valence-corrected chi connectivity index (χ3v) is 3.08. The summed E-state index contributed by atoms with van der Waals surface area (Å²) in [7, 11) is 4.05. The zero-order valence-corrected chi connectivity index (χ0v) is 12.8. The smallest absolute Gasteiger partial charge is 0.143 e. The van der Waals surface area contributed by atoms with Crippen LogP contribution in [0.5, 0.6) is 0 Å². The second-order valence-corrected chi connectivity index (χ2v) is 5.99. The number of benzene rings is 1. The molecule has 19 heavy (non-hydrogen) atoms. The molecule has 3 N–H and O–H groups in total. The maximum absolute atomic E-state index is 13.3. The lowest BCUT2D eigenvalue weighted by atomic mass is 10.0. The van der Waals surface area contributed by atoms with Crippen LogP contribution in [-0.2, 0) is 0 Å². The second kappa shape index (κ2) is 6.96. The number of halogens is 2. The number of nitrogens with one attached hydrogen (secondary N) is 1. The number of nitrogens with two attached hydrogens (primary N) is 1. The molecule has 0 fully saturated rings. The van der Waals surface area contributed by atoms with E-state index >= 15 is 0 Å². The molecule has 0 spiro atoms. The predicted molar refractivity (Wildman–Crippen MR) is 81.2 cm³/mol. The molecule has 0 aliphatic rings. The first kappa shape index (κ1) is 16.1. The average molecular weight is 288 g/mol. The monoisotopic (exact) mass is 287 g/mol. The van der Waals surface area contributed by atoms with Crippen molar-refractivity contribution in [3.05, 3.63) is 23.0 Å². The number of nitrogen functional groups attached to an aromatic ring is 1. The molecule has 0 aliphatic heterocycles. The highest BCUT2D eigenvalue weighted by atomic mass is 35.5. The highest BCUT2D eigenvalue weighted by Crippen LogP contribution is 2.27. The number of nitrogens with zero attached hydrogens (tertiary/aromatic N) is 1. The third-order valence-electron chi connectivity index (χ3n) is 2.79. The SMILES string of the molecule is CC(C)CC(CN(C)C)Nc1cc(Cl)c(F)cc1N. The Bertz CT molecular complexity index is 411. The molecule has 1 atom stereocenters. The van der Waals surface area contributed by atoms with Gasteiger partial charge in [0.05, 0.1) is 16.4 Å². The third kappa shape index (κ3) is 5.25. The number of hydrogen-bond donors (Lipinski definition) is 2. The number of likely N-dealkylation sites (N-methyl/N-ethyl adjacent to an activating group) is 1. The minimum absolute atomic E-state index is 0.0878. The maximum Gasteiger partial charge on any atom is 0.143 e. The van der Waals surface area contributed by atoms with Gasteiger partial charge in [0.1, 0.15) is 5.82 Å². The van der Waals surface area contributed by atoms with Crippen LogP contribution in [0.3, 0.4) is 0 Å². The standard InChI is InChI=1S/C14H23ClFN3/c1-9(2)5-10(8-19(3)4)18-14-6-11(15)12(16)7-13(14)17/h6-7,9-10,18H,5,8,17H2,1-4H3. The summed E-state index contributed by atoms with van der Waals surface area (Å²) in [5.41, 5.74) is 6.90. The van der Waals surface area contributed by atoms with Crippen molar-refractivity contribution in [2.75, 3.05) is 31.7 Å². The van der Waals surface area contributed by atoms with E-state index in [1.54, 1.807) is 6.07 Å². The molecule has 0 radical (unpaired) electrons. The van der Waals surface area contributed by atoms with Crippen LogP contribution in [0.25, 0.3) is 0 Å². The fourth-order valence-electron chi connectivity index (χ4n) is 2.10. The lowest BCUT2D eigenvalue weighted by molar-refractivity contribution is 0.356. The van der Waals surface area contributed by atoms with E-state index < -0.39 is 5.82 Å². The topological polar surface area (TPSA) is 41.3 Å². The lowest BCUT2D eigenvalue weighted by Gasteiger charge is -2.25. The van der Waals surface area contributed by atoms with E-state index in [4.69, 9.17) is 17.3 Å². The predicted octanol–water partition coefficient (Wildman–Crippen LogP) is 3.45. The number of anilines is 2. The summed E-state index contributed by atoms with van der Waals surface area (Å²) < 4.78 is 13.3. The van der Waals surface area contributed by atoms with Crippen molar-refractivity contribution in [1.29, 1.82) is 0 Å². The van der Waals surface area contributed by atoms with E-state index in [9.17, 15) is 4.39 Å². The molecule has 108 valence electrons. The summed E-state index contributed by atoms with van der Waals surface area (Å²) in [6, 6.07) is 3.06. The van der Waals surface area contributed by atoms with Crippen molar-refractivity contribution in [1.82, 2.24) is 4.90 Å². The van der Waals surface area contributed by atoms with Gasteiger partial charge in [-0.05, 0) is 32.5 Å². The van der Waals surface area contributed by atoms with Crippen LogP contribution >= 0.6 is 11.6 Å². The Kier molecular flexibility index (Phi) is 5.88. The first-order valence-electron chi connectivity index (χ1n) is 6.45. The summed E-state index contributed by atoms with van der Waals surface area (Å²) in [4.78, 5) is 2.11. The molecular weight excluding hydrogens is 265 g/mol. The van der Waals surface area contributed by atoms with Gasteiger partial charge in [-0.15, -0.1) is 0 Å². The highest BCUT2D eigenvalue weighted by Gasteiger charge is 2.14. The van der Waals surface area contributed by atoms with Crippen LogP contribution in [0, 0.1) is 11.7 Å². The Labute approximate surface area is 119 Å². The molecule has 0 aromatic heterocycles. The molecule has 0 aliphatic carbocycles. The van der Waals surface area contributed by atoms with E-state index in [-0.39, 0.29) is 11.1 Å². The van der Waals surface area contributed by atoms with Crippen molar-refractivity contribution in [3.8, 4) is 0 Å². The highest BCUT2D eigenvalue weighted by molar-refractivity contribution is 6.31. The molecule has 1 unspecified atom stereocenters. The van der Waals surface area contributed by atoms with Gasteiger partial charge in [-0.25, -0.2) is 4.39 Å². The van der Waals surface area contributed by atoms with E-state index in [0.717, 1.165) is 13.0 Å². The molecule has 0 amide bonds. The van der Waals surface area contributed by atoms with Gasteiger partial charge in [0.15, 0.2) is 0 Å². The molecule has 5 heteroatoms. The van der Waals surface area contributed by atoms with Crippen LogP contribution < -0.4 is 11.1 Å². The van der Waals surface area contributed by atoms with Gasteiger partial charge in [0.2, 0.25) is 0 Å². The molecule has 0 saturated heterocycles. The normalized spacial score (nSPS) is 13.1. The summed E-state index contributed by atoms with van der Waals surface area (Å²) in [6.07, 6.45) is 1.01. The minimum atomic E-state index is -0.488. The van der Waals surface area contributed by atoms with Crippen molar-refractivity contribution >= 4 is 23.0 Å².